The summed E-state index contributed by atoms with van der Waals surface area (Å²) >= 11 is 0. The predicted molar refractivity (Wildman–Crippen MR) is 83.5 cm³/mol. The molecule has 0 saturated heterocycles. The van der Waals surface area contributed by atoms with Crippen LogP contribution < -0.4 is 14.8 Å². The van der Waals surface area contributed by atoms with E-state index < -0.39 is 0 Å². The van der Waals surface area contributed by atoms with Gasteiger partial charge in [0.2, 0.25) is 6.41 Å². The lowest BCUT2D eigenvalue weighted by Gasteiger charge is -2.17. The second-order valence-electron chi connectivity index (χ2n) is 4.82. The monoisotopic (exact) mass is 311 g/mol. The van der Waals surface area contributed by atoms with E-state index in [9.17, 15) is 4.79 Å². The largest absolute Gasteiger partial charge is 0.493 e. The van der Waals surface area contributed by atoms with Crippen molar-refractivity contribution >= 4 is 6.41 Å². The summed E-state index contributed by atoms with van der Waals surface area (Å²) in [4.78, 5) is 10.6. The smallest absolute Gasteiger partial charge is 0.207 e. The van der Waals surface area contributed by atoms with Crippen LogP contribution in [0.4, 0.5) is 0 Å². The zero-order chi connectivity index (χ0) is 16.2. The molecule has 1 atom stereocenters. The average molecular weight is 311 g/mol. The number of nitrogens with one attached hydrogen (secondary N) is 1. The summed E-state index contributed by atoms with van der Waals surface area (Å²) < 4.78 is 21.2. The Labute approximate surface area is 131 Å². The fourth-order valence-electron chi connectivity index (χ4n) is 2.09. The average Bonchev–Trinajstić information content (AvgIpc) is 2.52. The molecule has 0 aromatic heterocycles. The number of carbonyl (C=O) groups is 1. The highest BCUT2D eigenvalue weighted by molar-refractivity contribution is 5.47. The van der Waals surface area contributed by atoms with Crippen molar-refractivity contribution < 1.29 is 23.7 Å². The molecule has 1 rings (SSSR count). The Morgan fingerprint density at radius 1 is 1.14 bits per heavy atom. The first kappa shape index (κ1) is 18.3. The summed E-state index contributed by atoms with van der Waals surface area (Å²) in [7, 11) is 4.88. The van der Waals surface area contributed by atoms with Crippen molar-refractivity contribution in [2.45, 2.75) is 18.9 Å². The molecule has 1 amide bonds. The standard InChI is InChI=1S/C16H25NO5/c1-19-7-4-8-22-16-10-13(5-6-15(16)21-3)9-14(11-20-2)17-12-18/h5-6,10,12,14H,4,7-9,11H2,1-3H3,(H,17,18). The fraction of sp³-hybridized carbons (Fsp3) is 0.562. The molecule has 22 heavy (non-hydrogen) atoms. The number of rotatable bonds is 12. The molecule has 1 N–H and O–H groups in total. The molecule has 0 heterocycles. The first-order chi connectivity index (χ1) is 10.7. The minimum Gasteiger partial charge on any atom is -0.493 e. The van der Waals surface area contributed by atoms with E-state index >= 15 is 0 Å². The second-order valence-corrected chi connectivity index (χ2v) is 4.82. The van der Waals surface area contributed by atoms with E-state index in [2.05, 4.69) is 5.32 Å². The van der Waals surface area contributed by atoms with E-state index in [1.165, 1.54) is 0 Å². The number of ether oxygens (including phenoxy) is 4. The minimum atomic E-state index is -0.0720. The van der Waals surface area contributed by atoms with E-state index in [0.717, 1.165) is 12.0 Å². The number of hydrogen-bond acceptors (Lipinski definition) is 5. The predicted octanol–water partition coefficient (Wildman–Crippen LogP) is 1.41. The summed E-state index contributed by atoms with van der Waals surface area (Å²) in [5, 5.41) is 2.75. The van der Waals surface area contributed by atoms with E-state index in [0.29, 0.717) is 44.2 Å². The Morgan fingerprint density at radius 3 is 2.59 bits per heavy atom. The number of hydrogen-bond donors (Lipinski definition) is 1. The van der Waals surface area contributed by atoms with Crippen molar-refractivity contribution in [2.75, 3.05) is 41.2 Å². The van der Waals surface area contributed by atoms with Crippen molar-refractivity contribution in [2.24, 2.45) is 0 Å². The van der Waals surface area contributed by atoms with Gasteiger partial charge in [0, 0.05) is 27.2 Å². The van der Waals surface area contributed by atoms with E-state index in [1.54, 1.807) is 21.3 Å². The molecule has 1 aromatic rings. The minimum absolute atomic E-state index is 0.0720. The fourth-order valence-corrected chi connectivity index (χ4v) is 2.09. The molecular formula is C16H25NO5. The van der Waals surface area contributed by atoms with Gasteiger partial charge in [0.15, 0.2) is 11.5 Å². The van der Waals surface area contributed by atoms with Crippen LogP contribution >= 0.6 is 0 Å². The summed E-state index contributed by atoms with van der Waals surface area (Å²) in [6, 6.07) is 5.68. The van der Waals surface area contributed by atoms with Crippen LogP contribution in [0.5, 0.6) is 11.5 Å². The van der Waals surface area contributed by atoms with E-state index in [4.69, 9.17) is 18.9 Å². The lowest BCUT2D eigenvalue weighted by molar-refractivity contribution is -0.110. The number of methoxy groups -OCH3 is 3. The molecule has 1 aromatic carbocycles. The third-order valence-electron chi connectivity index (χ3n) is 3.13. The Kier molecular flexibility index (Phi) is 9.02. The highest BCUT2D eigenvalue weighted by Crippen LogP contribution is 2.28. The summed E-state index contributed by atoms with van der Waals surface area (Å²) in [6.45, 7) is 1.66. The van der Waals surface area contributed by atoms with Gasteiger partial charge in [-0.1, -0.05) is 6.07 Å². The van der Waals surface area contributed by atoms with Crippen LogP contribution in [0.25, 0.3) is 0 Å². The molecule has 1 unspecified atom stereocenters. The topological polar surface area (TPSA) is 66.0 Å². The van der Waals surface area contributed by atoms with Gasteiger partial charge in [-0.25, -0.2) is 0 Å². The van der Waals surface area contributed by atoms with Gasteiger partial charge in [-0.3, -0.25) is 4.79 Å². The number of amides is 1. The van der Waals surface area contributed by atoms with Crippen LogP contribution in [-0.2, 0) is 20.7 Å². The Hall–Kier alpha value is -1.79. The molecule has 0 bridgehead atoms. The van der Waals surface area contributed by atoms with Crippen molar-refractivity contribution in [3.63, 3.8) is 0 Å². The molecular weight excluding hydrogens is 286 g/mol. The van der Waals surface area contributed by atoms with Gasteiger partial charge in [-0.15, -0.1) is 0 Å². The Balaban J connectivity index is 2.72. The van der Waals surface area contributed by atoms with Crippen LogP contribution in [0.2, 0.25) is 0 Å². The highest BCUT2D eigenvalue weighted by Gasteiger charge is 2.11. The van der Waals surface area contributed by atoms with Crippen LogP contribution in [0.1, 0.15) is 12.0 Å². The number of carbonyl (C=O) groups excluding carboxylic acids is 1. The molecule has 0 aliphatic rings. The van der Waals surface area contributed by atoms with Gasteiger partial charge < -0.3 is 24.3 Å². The zero-order valence-corrected chi connectivity index (χ0v) is 13.5. The summed E-state index contributed by atoms with van der Waals surface area (Å²) in [5.74, 6) is 1.38. The molecule has 0 aliphatic carbocycles. The molecule has 0 saturated carbocycles. The van der Waals surface area contributed by atoms with Crippen molar-refractivity contribution in [1.29, 1.82) is 0 Å². The van der Waals surface area contributed by atoms with Gasteiger partial charge in [0.25, 0.3) is 0 Å². The van der Waals surface area contributed by atoms with Crippen LogP contribution in [0.3, 0.4) is 0 Å². The lowest BCUT2D eigenvalue weighted by Crippen LogP contribution is -2.34. The van der Waals surface area contributed by atoms with Gasteiger partial charge in [-0.05, 0) is 24.1 Å². The molecule has 0 fully saturated rings. The third-order valence-corrected chi connectivity index (χ3v) is 3.13. The van der Waals surface area contributed by atoms with Crippen molar-refractivity contribution in [1.82, 2.24) is 5.32 Å². The van der Waals surface area contributed by atoms with Gasteiger partial charge >= 0.3 is 0 Å². The summed E-state index contributed by atoms with van der Waals surface area (Å²) in [5.41, 5.74) is 1.04. The molecule has 6 heteroatoms. The van der Waals surface area contributed by atoms with Gasteiger partial charge in [0.1, 0.15) is 0 Å². The molecule has 0 radical (unpaired) electrons. The van der Waals surface area contributed by atoms with Gasteiger partial charge in [-0.2, -0.15) is 0 Å². The maximum atomic E-state index is 10.6. The van der Waals surface area contributed by atoms with Crippen LogP contribution in [-0.4, -0.2) is 53.6 Å². The molecule has 6 nitrogen and oxygen atoms in total. The maximum Gasteiger partial charge on any atom is 0.207 e. The zero-order valence-electron chi connectivity index (χ0n) is 13.5. The van der Waals surface area contributed by atoms with Crippen LogP contribution in [0.15, 0.2) is 18.2 Å². The highest BCUT2D eigenvalue weighted by atomic mass is 16.5. The van der Waals surface area contributed by atoms with E-state index in [1.807, 2.05) is 18.2 Å². The van der Waals surface area contributed by atoms with Gasteiger partial charge in [0.05, 0.1) is 26.4 Å². The SMILES string of the molecule is COCCCOc1cc(CC(COC)NC=O)ccc1OC. The molecule has 0 spiro atoms. The molecule has 0 aliphatic heterocycles. The third kappa shape index (κ3) is 6.32. The Morgan fingerprint density at radius 2 is 1.95 bits per heavy atom. The van der Waals surface area contributed by atoms with E-state index in [-0.39, 0.29) is 6.04 Å². The Bertz CT molecular complexity index is 439. The van der Waals surface area contributed by atoms with Crippen molar-refractivity contribution in [3.8, 4) is 11.5 Å². The van der Waals surface area contributed by atoms with Crippen LogP contribution in [0, 0.1) is 0 Å². The normalized spacial score (nSPS) is 11.8. The summed E-state index contributed by atoms with van der Waals surface area (Å²) in [6.07, 6.45) is 2.16. The van der Waals surface area contributed by atoms with Crippen molar-refractivity contribution in [3.05, 3.63) is 23.8 Å². The lowest BCUT2D eigenvalue weighted by atomic mass is 10.1. The first-order valence-corrected chi connectivity index (χ1v) is 7.22. The molecule has 124 valence electrons. The number of benzene rings is 1. The first-order valence-electron chi connectivity index (χ1n) is 7.22. The quantitative estimate of drug-likeness (QED) is 0.467. The maximum absolute atomic E-state index is 10.6. The second kappa shape index (κ2) is 10.9.